The van der Waals surface area contributed by atoms with Gasteiger partial charge in [0.1, 0.15) is 0 Å². The molecule has 1 rings (SSSR count). The number of rotatable bonds is 6. The molecule has 0 radical (unpaired) electrons. The Labute approximate surface area is 92.1 Å². The van der Waals surface area contributed by atoms with Crippen LogP contribution in [0.25, 0.3) is 0 Å². The van der Waals surface area contributed by atoms with E-state index in [2.05, 4.69) is 4.72 Å². The normalized spacial score (nSPS) is 20.7. The Balaban J connectivity index is 2.47. The number of nitrogens with one attached hydrogen (secondary N) is 1. The average Bonchev–Trinajstić information content (AvgIpc) is 2.64. The van der Waals surface area contributed by atoms with Crippen molar-refractivity contribution in [3.63, 3.8) is 0 Å². The molecule has 1 aliphatic rings. The molecule has 0 heterocycles. The molecular formula is C10H21NO3S. The highest BCUT2D eigenvalue weighted by molar-refractivity contribution is 7.89. The van der Waals surface area contributed by atoms with Gasteiger partial charge in [-0.15, -0.1) is 0 Å². The lowest BCUT2D eigenvalue weighted by atomic mass is 9.88. The van der Waals surface area contributed by atoms with Gasteiger partial charge in [-0.25, -0.2) is 13.1 Å². The summed E-state index contributed by atoms with van der Waals surface area (Å²) in [5.41, 5.74) is -0.194. The van der Waals surface area contributed by atoms with Crippen LogP contribution in [0.15, 0.2) is 0 Å². The Morgan fingerprint density at radius 1 is 1.33 bits per heavy atom. The van der Waals surface area contributed by atoms with Crippen LogP contribution in [0.2, 0.25) is 0 Å². The van der Waals surface area contributed by atoms with Crippen LogP contribution in [-0.4, -0.2) is 32.4 Å². The highest BCUT2D eigenvalue weighted by Gasteiger charge is 2.33. The summed E-state index contributed by atoms with van der Waals surface area (Å²) in [6.07, 6.45) is 4.67. The molecule has 90 valence electrons. The first-order valence-corrected chi connectivity index (χ1v) is 7.27. The molecule has 0 amide bonds. The van der Waals surface area contributed by atoms with Crippen LogP contribution < -0.4 is 4.72 Å². The minimum absolute atomic E-state index is 0.0850. The van der Waals surface area contributed by atoms with Gasteiger partial charge in [0.05, 0.1) is 5.75 Å². The molecule has 4 nitrogen and oxygen atoms in total. The van der Waals surface area contributed by atoms with Gasteiger partial charge in [0, 0.05) is 18.6 Å². The molecule has 0 saturated heterocycles. The van der Waals surface area contributed by atoms with E-state index in [1.165, 1.54) is 0 Å². The second-order valence-electron chi connectivity index (χ2n) is 4.51. The second-order valence-corrected chi connectivity index (χ2v) is 6.43. The van der Waals surface area contributed by atoms with Crippen molar-refractivity contribution in [3.05, 3.63) is 0 Å². The van der Waals surface area contributed by atoms with Crippen molar-refractivity contribution in [1.29, 1.82) is 0 Å². The van der Waals surface area contributed by atoms with Crippen molar-refractivity contribution in [2.45, 2.75) is 39.0 Å². The molecular weight excluding hydrogens is 214 g/mol. The van der Waals surface area contributed by atoms with Crippen molar-refractivity contribution in [3.8, 4) is 0 Å². The Kier molecular flexibility index (Phi) is 4.55. The lowest BCUT2D eigenvalue weighted by Crippen LogP contribution is -2.39. The lowest BCUT2D eigenvalue weighted by Gasteiger charge is -2.26. The van der Waals surface area contributed by atoms with Gasteiger partial charge in [0.25, 0.3) is 0 Å². The van der Waals surface area contributed by atoms with Crippen molar-refractivity contribution in [1.82, 2.24) is 4.72 Å². The minimum Gasteiger partial charge on any atom is -0.396 e. The Bertz CT molecular complexity index is 281. The molecule has 0 aromatic rings. The van der Waals surface area contributed by atoms with E-state index < -0.39 is 10.0 Å². The number of sulfonamides is 1. The van der Waals surface area contributed by atoms with Crippen molar-refractivity contribution in [2.24, 2.45) is 5.41 Å². The zero-order valence-corrected chi connectivity index (χ0v) is 10.1. The van der Waals surface area contributed by atoms with Gasteiger partial charge in [-0.05, 0) is 19.3 Å². The van der Waals surface area contributed by atoms with Crippen LogP contribution in [0.3, 0.4) is 0 Å². The van der Waals surface area contributed by atoms with E-state index in [-0.39, 0.29) is 17.8 Å². The third kappa shape index (κ3) is 3.74. The smallest absolute Gasteiger partial charge is 0.211 e. The number of hydrogen-bond donors (Lipinski definition) is 2. The van der Waals surface area contributed by atoms with Gasteiger partial charge >= 0.3 is 0 Å². The predicted molar refractivity (Wildman–Crippen MR) is 60.1 cm³/mol. The molecule has 0 aromatic heterocycles. The summed E-state index contributed by atoms with van der Waals surface area (Å²) >= 11 is 0. The van der Waals surface area contributed by atoms with Crippen LogP contribution in [0.5, 0.6) is 0 Å². The summed E-state index contributed by atoms with van der Waals surface area (Å²) < 4.78 is 25.5. The summed E-state index contributed by atoms with van der Waals surface area (Å²) in [4.78, 5) is 0. The van der Waals surface area contributed by atoms with E-state index in [1.807, 2.05) is 6.92 Å². The SMILES string of the molecule is CCCS(=O)(=O)NCC1(CO)CCCC1. The fourth-order valence-electron chi connectivity index (χ4n) is 2.12. The largest absolute Gasteiger partial charge is 0.396 e. The summed E-state index contributed by atoms with van der Waals surface area (Å²) in [5.74, 6) is 0.175. The molecule has 0 atom stereocenters. The van der Waals surface area contributed by atoms with Gasteiger partial charge in [0.2, 0.25) is 10.0 Å². The Hall–Kier alpha value is -0.130. The van der Waals surface area contributed by atoms with Crippen LogP contribution in [-0.2, 0) is 10.0 Å². The van der Waals surface area contributed by atoms with Gasteiger partial charge in [-0.1, -0.05) is 19.8 Å². The molecule has 5 heteroatoms. The molecule has 0 aliphatic heterocycles. The molecule has 2 N–H and O–H groups in total. The highest BCUT2D eigenvalue weighted by Crippen LogP contribution is 2.36. The molecule has 0 bridgehead atoms. The first kappa shape index (κ1) is 12.9. The number of aliphatic hydroxyl groups excluding tert-OH is 1. The third-order valence-corrected chi connectivity index (χ3v) is 4.67. The van der Waals surface area contributed by atoms with Crippen LogP contribution >= 0.6 is 0 Å². The fraction of sp³-hybridized carbons (Fsp3) is 1.00. The highest BCUT2D eigenvalue weighted by atomic mass is 32.2. The summed E-state index contributed by atoms with van der Waals surface area (Å²) in [5, 5.41) is 9.31. The van der Waals surface area contributed by atoms with Gasteiger partial charge < -0.3 is 5.11 Å². The van der Waals surface area contributed by atoms with Gasteiger partial charge in [-0.2, -0.15) is 0 Å². The summed E-state index contributed by atoms with van der Waals surface area (Å²) in [7, 11) is -3.13. The topological polar surface area (TPSA) is 66.4 Å². The van der Waals surface area contributed by atoms with E-state index >= 15 is 0 Å². The zero-order valence-electron chi connectivity index (χ0n) is 9.33. The van der Waals surface area contributed by atoms with Gasteiger partial charge in [0.15, 0.2) is 0 Å². The van der Waals surface area contributed by atoms with E-state index in [1.54, 1.807) is 0 Å². The minimum atomic E-state index is -3.13. The van der Waals surface area contributed by atoms with Crippen LogP contribution in [0.1, 0.15) is 39.0 Å². The average molecular weight is 235 g/mol. The first-order valence-electron chi connectivity index (χ1n) is 5.62. The molecule has 1 fully saturated rings. The Morgan fingerprint density at radius 2 is 1.93 bits per heavy atom. The van der Waals surface area contributed by atoms with E-state index in [4.69, 9.17) is 0 Å². The molecule has 0 aromatic carbocycles. The maximum absolute atomic E-state index is 11.5. The number of aliphatic hydroxyl groups is 1. The quantitative estimate of drug-likeness (QED) is 0.718. The maximum atomic E-state index is 11.5. The summed E-state index contributed by atoms with van der Waals surface area (Å²) in [6, 6.07) is 0. The Morgan fingerprint density at radius 3 is 2.40 bits per heavy atom. The third-order valence-electron chi connectivity index (χ3n) is 3.14. The zero-order chi connectivity index (χ0) is 11.4. The van der Waals surface area contributed by atoms with Crippen LogP contribution in [0, 0.1) is 5.41 Å². The lowest BCUT2D eigenvalue weighted by molar-refractivity contribution is 0.134. The molecule has 1 saturated carbocycles. The van der Waals surface area contributed by atoms with E-state index in [9.17, 15) is 13.5 Å². The molecule has 15 heavy (non-hydrogen) atoms. The number of hydrogen-bond acceptors (Lipinski definition) is 3. The molecule has 1 aliphatic carbocycles. The second kappa shape index (κ2) is 5.27. The van der Waals surface area contributed by atoms with Crippen molar-refractivity contribution in [2.75, 3.05) is 18.9 Å². The van der Waals surface area contributed by atoms with Crippen molar-refractivity contribution < 1.29 is 13.5 Å². The monoisotopic (exact) mass is 235 g/mol. The molecule has 0 spiro atoms. The maximum Gasteiger partial charge on any atom is 0.211 e. The first-order chi connectivity index (χ1) is 7.04. The fourth-order valence-corrected chi connectivity index (χ4v) is 3.33. The predicted octanol–water partition coefficient (Wildman–Crippen LogP) is 0.868. The van der Waals surface area contributed by atoms with Gasteiger partial charge in [-0.3, -0.25) is 0 Å². The molecule has 0 unspecified atom stereocenters. The summed E-state index contributed by atoms with van der Waals surface area (Å²) in [6.45, 7) is 2.32. The van der Waals surface area contributed by atoms with Crippen LogP contribution in [0.4, 0.5) is 0 Å². The van der Waals surface area contributed by atoms with E-state index in [0.717, 1.165) is 25.7 Å². The van der Waals surface area contributed by atoms with E-state index in [0.29, 0.717) is 13.0 Å². The standard InChI is InChI=1S/C10H21NO3S/c1-2-7-15(13,14)11-8-10(9-12)5-3-4-6-10/h11-12H,2-9H2,1H3. The van der Waals surface area contributed by atoms with Crippen molar-refractivity contribution >= 4 is 10.0 Å².